The highest BCUT2D eigenvalue weighted by Gasteiger charge is 2.28. The van der Waals surface area contributed by atoms with Crippen LogP contribution < -0.4 is 15.5 Å². The van der Waals surface area contributed by atoms with Crippen LogP contribution in [-0.4, -0.2) is 29.8 Å². The minimum absolute atomic E-state index is 0.140. The molecule has 1 aliphatic heterocycles. The summed E-state index contributed by atoms with van der Waals surface area (Å²) in [7, 11) is 0. The molecule has 0 bridgehead atoms. The van der Waals surface area contributed by atoms with Crippen LogP contribution in [0, 0.1) is 10.1 Å². The molecule has 128 valence electrons. The average molecular weight is 340 g/mol. The molecule has 8 heteroatoms. The van der Waals surface area contributed by atoms with Crippen molar-refractivity contribution in [3.05, 3.63) is 58.1 Å². The smallest absolute Gasteiger partial charge is 0.293 e. The second kappa shape index (κ2) is 6.60. The molecule has 25 heavy (non-hydrogen) atoms. The molecule has 0 unspecified atom stereocenters. The second-order valence-electron chi connectivity index (χ2n) is 5.48. The zero-order valence-corrected chi connectivity index (χ0v) is 13.5. The third-order valence-electron chi connectivity index (χ3n) is 3.82. The molecule has 0 fully saturated rings. The van der Waals surface area contributed by atoms with E-state index in [0.717, 1.165) is 0 Å². The Morgan fingerprint density at radius 1 is 1.32 bits per heavy atom. The van der Waals surface area contributed by atoms with Gasteiger partial charge < -0.3 is 10.6 Å². The van der Waals surface area contributed by atoms with Crippen LogP contribution in [0.15, 0.2) is 42.5 Å². The van der Waals surface area contributed by atoms with E-state index in [2.05, 4.69) is 10.6 Å². The number of hydrogen-bond donors (Lipinski definition) is 2. The summed E-state index contributed by atoms with van der Waals surface area (Å²) in [5.74, 6) is -0.778. The highest BCUT2D eigenvalue weighted by molar-refractivity contribution is 6.15. The molecule has 1 aliphatic rings. The van der Waals surface area contributed by atoms with E-state index in [4.69, 9.17) is 0 Å². The van der Waals surface area contributed by atoms with E-state index in [-0.39, 0.29) is 23.7 Å². The molecule has 0 saturated heterocycles. The lowest BCUT2D eigenvalue weighted by molar-refractivity contribution is -0.384. The number of nitro groups is 1. The number of anilines is 3. The molecule has 3 rings (SSSR count). The highest BCUT2D eigenvalue weighted by Crippen LogP contribution is 2.31. The van der Waals surface area contributed by atoms with E-state index in [9.17, 15) is 19.7 Å². The van der Waals surface area contributed by atoms with E-state index in [0.29, 0.717) is 23.6 Å². The van der Waals surface area contributed by atoms with E-state index in [1.807, 2.05) is 6.92 Å². The number of carbonyl (C=O) groups excluding carboxylic acids is 2. The van der Waals surface area contributed by atoms with Crippen molar-refractivity contribution < 1.29 is 14.5 Å². The maximum absolute atomic E-state index is 12.9. The third kappa shape index (κ3) is 3.14. The van der Waals surface area contributed by atoms with E-state index >= 15 is 0 Å². The predicted octanol–water partition coefficient (Wildman–Crippen LogP) is 2.63. The van der Waals surface area contributed by atoms with Gasteiger partial charge in [0, 0.05) is 18.2 Å². The molecule has 0 saturated carbocycles. The number of fused-ring (bicyclic) bond motifs is 1. The molecule has 0 aromatic heterocycles. The summed E-state index contributed by atoms with van der Waals surface area (Å²) in [6.07, 6.45) is 0. The van der Waals surface area contributed by atoms with Crippen LogP contribution in [0.1, 0.15) is 17.3 Å². The van der Waals surface area contributed by atoms with Gasteiger partial charge in [0.15, 0.2) is 0 Å². The Bertz CT molecular complexity index is 865. The van der Waals surface area contributed by atoms with Gasteiger partial charge in [-0.2, -0.15) is 0 Å². The quantitative estimate of drug-likeness (QED) is 0.657. The van der Waals surface area contributed by atoms with Crippen molar-refractivity contribution in [3.63, 3.8) is 0 Å². The van der Waals surface area contributed by atoms with E-state index < -0.39 is 10.8 Å². The molecule has 0 aliphatic carbocycles. The largest absolute Gasteiger partial charge is 0.380 e. The summed E-state index contributed by atoms with van der Waals surface area (Å²) in [4.78, 5) is 36.8. The van der Waals surface area contributed by atoms with Gasteiger partial charge >= 0.3 is 0 Å². The fraction of sp³-hybridized carbons (Fsp3) is 0.176. The number of nitro benzene ring substituents is 1. The average Bonchev–Trinajstić information content (AvgIpc) is 2.60. The van der Waals surface area contributed by atoms with Gasteiger partial charge in [-0.3, -0.25) is 24.6 Å². The highest BCUT2D eigenvalue weighted by atomic mass is 16.6. The van der Waals surface area contributed by atoms with Gasteiger partial charge in [-0.25, -0.2) is 0 Å². The molecule has 0 spiro atoms. The van der Waals surface area contributed by atoms with Gasteiger partial charge in [-0.15, -0.1) is 0 Å². The van der Waals surface area contributed by atoms with Crippen molar-refractivity contribution in [3.8, 4) is 0 Å². The maximum Gasteiger partial charge on any atom is 0.293 e. The molecule has 2 aromatic rings. The normalized spacial score (nSPS) is 13.0. The SMILES string of the molecule is CCNc1ccc(C(=O)N2CC(=O)Nc3ccccc32)cc1[N+](=O)[O-]. The zero-order chi connectivity index (χ0) is 18.0. The summed E-state index contributed by atoms with van der Waals surface area (Å²) in [6, 6.07) is 11.2. The number of benzene rings is 2. The van der Waals surface area contributed by atoms with Gasteiger partial charge in [0.05, 0.1) is 16.3 Å². The Morgan fingerprint density at radius 3 is 2.80 bits per heavy atom. The van der Waals surface area contributed by atoms with Crippen molar-refractivity contribution in [1.29, 1.82) is 0 Å². The van der Waals surface area contributed by atoms with Crippen molar-refractivity contribution >= 4 is 34.6 Å². The number of amides is 2. The molecule has 0 atom stereocenters. The Balaban J connectivity index is 2.00. The van der Waals surface area contributed by atoms with Gasteiger partial charge in [-0.1, -0.05) is 12.1 Å². The lowest BCUT2D eigenvalue weighted by atomic mass is 10.1. The van der Waals surface area contributed by atoms with Gasteiger partial charge in [-0.05, 0) is 31.2 Å². The van der Waals surface area contributed by atoms with Crippen LogP contribution in [0.3, 0.4) is 0 Å². The van der Waals surface area contributed by atoms with Crippen LogP contribution in [0.2, 0.25) is 0 Å². The van der Waals surface area contributed by atoms with Gasteiger partial charge in [0.25, 0.3) is 11.6 Å². The zero-order valence-electron chi connectivity index (χ0n) is 13.5. The van der Waals surface area contributed by atoms with Crippen molar-refractivity contribution in [1.82, 2.24) is 0 Å². The van der Waals surface area contributed by atoms with Crippen molar-refractivity contribution in [2.24, 2.45) is 0 Å². The lowest BCUT2D eigenvalue weighted by Gasteiger charge is -2.29. The van der Waals surface area contributed by atoms with E-state index in [1.165, 1.54) is 23.1 Å². The number of nitrogens with one attached hydrogen (secondary N) is 2. The topological polar surface area (TPSA) is 105 Å². The van der Waals surface area contributed by atoms with Gasteiger partial charge in [0.2, 0.25) is 5.91 Å². The van der Waals surface area contributed by atoms with Gasteiger partial charge in [0.1, 0.15) is 12.2 Å². The number of para-hydroxylation sites is 2. The standard InChI is InChI=1S/C17H16N4O4/c1-2-18-12-8-7-11(9-15(12)21(24)25)17(23)20-10-16(22)19-13-5-3-4-6-14(13)20/h3-9,18H,2,10H2,1H3,(H,19,22). The van der Waals surface area contributed by atoms with Crippen LogP contribution in [0.5, 0.6) is 0 Å². The molecule has 8 nitrogen and oxygen atoms in total. The molecule has 2 N–H and O–H groups in total. The third-order valence-corrected chi connectivity index (χ3v) is 3.82. The first kappa shape index (κ1) is 16.4. The Labute approximate surface area is 143 Å². The van der Waals surface area contributed by atoms with Crippen molar-refractivity contribution in [2.45, 2.75) is 6.92 Å². The van der Waals surface area contributed by atoms with Crippen LogP contribution in [0.25, 0.3) is 0 Å². The monoisotopic (exact) mass is 340 g/mol. The number of nitrogens with zero attached hydrogens (tertiary/aromatic N) is 2. The number of hydrogen-bond acceptors (Lipinski definition) is 5. The molecule has 2 amide bonds. The summed E-state index contributed by atoms with van der Waals surface area (Å²) >= 11 is 0. The fourth-order valence-corrected chi connectivity index (χ4v) is 2.73. The Hall–Kier alpha value is -3.42. The first-order valence-electron chi connectivity index (χ1n) is 7.74. The Morgan fingerprint density at radius 2 is 2.08 bits per heavy atom. The van der Waals surface area contributed by atoms with Crippen LogP contribution in [-0.2, 0) is 4.79 Å². The molecular weight excluding hydrogens is 324 g/mol. The minimum atomic E-state index is -0.536. The maximum atomic E-state index is 12.9. The summed E-state index contributed by atoms with van der Waals surface area (Å²) in [6.45, 7) is 2.21. The minimum Gasteiger partial charge on any atom is -0.380 e. The fourth-order valence-electron chi connectivity index (χ4n) is 2.73. The number of rotatable bonds is 4. The molecule has 1 heterocycles. The van der Waals surface area contributed by atoms with E-state index in [1.54, 1.807) is 24.3 Å². The van der Waals surface area contributed by atoms with Crippen molar-refractivity contribution in [2.75, 3.05) is 28.6 Å². The first-order valence-corrected chi connectivity index (χ1v) is 7.74. The molecular formula is C17H16N4O4. The first-order chi connectivity index (χ1) is 12.0. The lowest BCUT2D eigenvalue weighted by Crippen LogP contribution is -2.42. The number of carbonyl (C=O) groups is 2. The predicted molar refractivity (Wildman–Crippen MR) is 94.0 cm³/mol. The Kier molecular flexibility index (Phi) is 4.34. The second-order valence-corrected chi connectivity index (χ2v) is 5.48. The summed E-state index contributed by atoms with van der Waals surface area (Å²) in [5.41, 5.74) is 1.41. The van der Waals surface area contributed by atoms with Crippen LogP contribution in [0.4, 0.5) is 22.7 Å². The molecule has 0 radical (unpaired) electrons. The molecule has 2 aromatic carbocycles. The summed E-state index contributed by atoms with van der Waals surface area (Å²) < 4.78 is 0. The summed E-state index contributed by atoms with van der Waals surface area (Å²) in [5, 5.41) is 16.9. The van der Waals surface area contributed by atoms with Crippen LogP contribution >= 0.6 is 0 Å².